The second-order valence-corrected chi connectivity index (χ2v) is 10.7. The number of rotatable bonds is 10. The van der Waals surface area contributed by atoms with Gasteiger partial charge in [-0.15, -0.1) is 5.10 Å². The molecule has 0 radical (unpaired) electrons. The second kappa shape index (κ2) is 13.0. The van der Waals surface area contributed by atoms with Crippen LogP contribution in [0.3, 0.4) is 0 Å². The minimum atomic E-state index is -0.485. The number of nitro groups is 1. The predicted molar refractivity (Wildman–Crippen MR) is 161 cm³/mol. The monoisotopic (exact) mass is 631 g/mol. The van der Waals surface area contributed by atoms with Gasteiger partial charge in [0.15, 0.2) is 5.82 Å². The van der Waals surface area contributed by atoms with Crippen molar-refractivity contribution >= 4 is 47.3 Å². The average molecular weight is 633 g/mol. The Morgan fingerprint density at radius 2 is 1.93 bits per heavy atom. The largest absolute Gasteiger partial charge is 0.497 e. The molecule has 4 aromatic rings. The van der Waals surface area contributed by atoms with Gasteiger partial charge in [-0.1, -0.05) is 23.2 Å². The van der Waals surface area contributed by atoms with Crippen LogP contribution in [0.1, 0.15) is 11.6 Å². The molecule has 0 N–H and O–H groups in total. The zero-order chi connectivity index (χ0) is 29.8. The van der Waals surface area contributed by atoms with E-state index in [1.807, 2.05) is 0 Å². The number of halogens is 2. The van der Waals surface area contributed by atoms with Crippen LogP contribution >= 0.6 is 35.4 Å². The molecule has 1 saturated heterocycles. The lowest BCUT2D eigenvalue weighted by Gasteiger charge is -2.31. The van der Waals surface area contributed by atoms with E-state index in [1.54, 1.807) is 47.1 Å². The first kappa shape index (κ1) is 29.7. The molecule has 15 heteroatoms. The van der Waals surface area contributed by atoms with Crippen LogP contribution in [-0.4, -0.2) is 75.7 Å². The van der Waals surface area contributed by atoms with Crippen molar-refractivity contribution in [1.29, 1.82) is 0 Å². The zero-order valence-corrected chi connectivity index (χ0v) is 25.1. The third-order valence-corrected chi connectivity index (χ3v) is 7.57. The highest BCUT2D eigenvalue weighted by molar-refractivity contribution is 7.71. The van der Waals surface area contributed by atoms with Crippen molar-refractivity contribution in [2.24, 2.45) is 5.10 Å². The van der Waals surface area contributed by atoms with Crippen LogP contribution in [0.15, 0.2) is 58.0 Å². The van der Waals surface area contributed by atoms with Gasteiger partial charge in [-0.25, -0.2) is 4.68 Å². The lowest BCUT2D eigenvalue weighted by Crippen LogP contribution is -2.45. The van der Waals surface area contributed by atoms with E-state index in [2.05, 4.69) is 21.9 Å². The van der Waals surface area contributed by atoms with E-state index in [4.69, 9.17) is 54.4 Å². The molecule has 0 unspecified atom stereocenters. The lowest BCUT2D eigenvalue weighted by molar-refractivity contribution is -0.384. The number of piperazine rings is 1. The van der Waals surface area contributed by atoms with Gasteiger partial charge in [0.25, 0.3) is 5.69 Å². The van der Waals surface area contributed by atoms with Crippen LogP contribution in [0.5, 0.6) is 11.5 Å². The van der Waals surface area contributed by atoms with Crippen LogP contribution in [-0.2, 0) is 13.3 Å². The maximum Gasteiger partial charge on any atom is 0.284 e. The molecule has 1 aliphatic heterocycles. The Labute approximate surface area is 256 Å². The highest BCUT2D eigenvalue weighted by atomic mass is 35.5. The van der Waals surface area contributed by atoms with Crippen LogP contribution < -0.4 is 9.47 Å². The fraction of sp³-hybridized carbons (Fsp3) is 0.296. The van der Waals surface area contributed by atoms with Crippen molar-refractivity contribution in [2.45, 2.75) is 13.3 Å². The molecule has 0 aliphatic carbocycles. The molecule has 12 nitrogen and oxygen atoms in total. The van der Waals surface area contributed by atoms with Gasteiger partial charge >= 0.3 is 0 Å². The summed E-state index contributed by atoms with van der Waals surface area (Å²) >= 11 is 18.0. The molecular weight excluding hydrogens is 605 g/mol. The Morgan fingerprint density at radius 1 is 1.14 bits per heavy atom. The Bertz CT molecular complexity index is 1680. The van der Waals surface area contributed by atoms with Gasteiger partial charge < -0.3 is 18.8 Å². The SMILES string of the molecule is COc1ccc(-c2ccc(/C=N/n3c(COc4ccc(Cl)cc4Cl)nn(CN4CCN(C)CC4)c3=S)o2)c([N+](=O)[O-])c1. The van der Waals surface area contributed by atoms with Crippen LogP contribution in [0, 0.1) is 14.9 Å². The van der Waals surface area contributed by atoms with E-state index >= 15 is 0 Å². The number of hydrogen-bond acceptors (Lipinski definition) is 10. The highest BCUT2D eigenvalue weighted by Crippen LogP contribution is 2.34. The molecule has 1 fully saturated rings. The number of likely N-dealkylation sites (N-methyl/N-ethyl adjacent to an activating group) is 1. The summed E-state index contributed by atoms with van der Waals surface area (Å²) < 4.78 is 20.5. The smallest absolute Gasteiger partial charge is 0.284 e. The summed E-state index contributed by atoms with van der Waals surface area (Å²) in [6.07, 6.45) is 1.47. The third kappa shape index (κ3) is 6.82. The number of ether oxygens (including phenoxy) is 2. The highest BCUT2D eigenvalue weighted by Gasteiger charge is 2.20. The minimum absolute atomic E-state index is 0.0273. The number of aromatic nitrogens is 3. The summed E-state index contributed by atoms with van der Waals surface area (Å²) in [7, 11) is 3.54. The summed E-state index contributed by atoms with van der Waals surface area (Å²) in [6, 6.07) is 12.8. The van der Waals surface area contributed by atoms with E-state index in [9.17, 15) is 10.1 Å². The molecule has 42 heavy (non-hydrogen) atoms. The number of nitrogens with zero attached hydrogens (tertiary/aromatic N) is 7. The molecule has 0 spiro atoms. The van der Waals surface area contributed by atoms with Crippen molar-refractivity contribution in [3.8, 4) is 22.8 Å². The molecule has 3 heterocycles. The number of hydrogen-bond donors (Lipinski definition) is 0. The fourth-order valence-corrected chi connectivity index (χ4v) is 5.05. The maximum absolute atomic E-state index is 11.6. The van der Waals surface area contributed by atoms with Crippen molar-refractivity contribution < 1.29 is 18.8 Å². The summed E-state index contributed by atoms with van der Waals surface area (Å²) in [4.78, 5) is 15.7. The normalized spacial score (nSPS) is 14.5. The van der Waals surface area contributed by atoms with Gasteiger partial charge in [-0.2, -0.15) is 9.78 Å². The Kier molecular flexibility index (Phi) is 9.24. The minimum Gasteiger partial charge on any atom is -0.497 e. The maximum atomic E-state index is 11.6. The number of furan rings is 1. The number of methoxy groups -OCH3 is 1. The average Bonchev–Trinajstić information content (AvgIpc) is 3.56. The van der Waals surface area contributed by atoms with Gasteiger partial charge in [0, 0.05) is 31.2 Å². The van der Waals surface area contributed by atoms with Crippen molar-refractivity contribution in [3.05, 3.63) is 85.0 Å². The summed E-state index contributed by atoms with van der Waals surface area (Å²) in [6.45, 7) is 4.19. The third-order valence-electron chi connectivity index (χ3n) is 6.66. The molecule has 5 rings (SSSR count). The molecule has 0 atom stereocenters. The van der Waals surface area contributed by atoms with Crippen LogP contribution in [0.2, 0.25) is 10.0 Å². The molecule has 0 saturated carbocycles. The van der Waals surface area contributed by atoms with Gasteiger partial charge in [0.1, 0.15) is 29.6 Å². The van der Waals surface area contributed by atoms with Crippen molar-refractivity contribution in [2.75, 3.05) is 40.3 Å². The summed E-state index contributed by atoms with van der Waals surface area (Å²) in [5.74, 6) is 1.91. The van der Waals surface area contributed by atoms with E-state index in [0.717, 1.165) is 26.2 Å². The fourth-order valence-electron chi connectivity index (χ4n) is 4.34. The number of benzene rings is 2. The molecular formula is C27H27Cl2N7O5S. The Morgan fingerprint density at radius 3 is 2.64 bits per heavy atom. The van der Waals surface area contributed by atoms with E-state index in [1.165, 1.54) is 24.1 Å². The topological polar surface area (TPSA) is 116 Å². The molecule has 1 aliphatic rings. The van der Waals surface area contributed by atoms with Crippen molar-refractivity contribution in [1.82, 2.24) is 24.3 Å². The van der Waals surface area contributed by atoms with E-state index in [0.29, 0.717) is 55.9 Å². The second-order valence-electron chi connectivity index (χ2n) is 9.52. The van der Waals surface area contributed by atoms with Gasteiger partial charge in [-0.05, 0) is 61.7 Å². The first-order valence-electron chi connectivity index (χ1n) is 12.9. The standard InChI is InChI=1S/C27H27Cl2N7O5S/c1-32-9-11-33(12-10-32)17-34-27(42)35(26(31-34)16-40-25-7-3-18(28)13-22(25)29)30-15-20-5-8-24(41-20)21-6-4-19(39-2)14-23(21)36(37)38/h3-8,13-15H,9-12,16-17H2,1-2H3/b30-15+. The summed E-state index contributed by atoms with van der Waals surface area (Å²) in [5.41, 5.74) is 0.172. The van der Waals surface area contributed by atoms with E-state index < -0.39 is 4.92 Å². The van der Waals surface area contributed by atoms with E-state index in [-0.39, 0.29) is 12.3 Å². The molecule has 2 aromatic heterocycles. The van der Waals surface area contributed by atoms with Crippen molar-refractivity contribution in [3.63, 3.8) is 0 Å². The van der Waals surface area contributed by atoms with Crippen LogP contribution in [0.25, 0.3) is 11.3 Å². The van der Waals surface area contributed by atoms with Crippen LogP contribution in [0.4, 0.5) is 5.69 Å². The Balaban J connectivity index is 1.42. The molecule has 0 amide bonds. The lowest BCUT2D eigenvalue weighted by atomic mass is 10.1. The van der Waals surface area contributed by atoms with Gasteiger partial charge in [0.05, 0.1) is 41.6 Å². The zero-order valence-electron chi connectivity index (χ0n) is 22.8. The summed E-state index contributed by atoms with van der Waals surface area (Å²) in [5, 5.41) is 21.7. The Hall–Kier alpha value is -3.75. The molecule has 2 aromatic carbocycles. The first-order valence-corrected chi connectivity index (χ1v) is 14.0. The quantitative estimate of drug-likeness (QED) is 0.0959. The van der Waals surface area contributed by atoms with Gasteiger partial charge in [-0.3, -0.25) is 15.0 Å². The number of nitro benzene ring substituents is 1. The molecule has 0 bridgehead atoms. The predicted octanol–water partition coefficient (Wildman–Crippen LogP) is 5.56. The first-order chi connectivity index (χ1) is 20.2. The molecule has 220 valence electrons. The van der Waals surface area contributed by atoms with Gasteiger partial charge in [0.2, 0.25) is 4.77 Å².